The van der Waals surface area contributed by atoms with Gasteiger partial charge in [0.1, 0.15) is 0 Å². The zero-order valence-corrected chi connectivity index (χ0v) is 11.0. The summed E-state index contributed by atoms with van der Waals surface area (Å²) in [6.45, 7) is 4.41. The van der Waals surface area contributed by atoms with E-state index in [0.717, 1.165) is 32.1 Å². The van der Waals surface area contributed by atoms with Gasteiger partial charge in [-0.05, 0) is 19.3 Å². The second-order valence-electron chi connectivity index (χ2n) is 4.95. The van der Waals surface area contributed by atoms with Gasteiger partial charge < -0.3 is 10.4 Å². The lowest BCUT2D eigenvalue weighted by atomic mass is 9.97. The quantitative estimate of drug-likeness (QED) is 0.669. The molecule has 0 fully saturated rings. The summed E-state index contributed by atoms with van der Waals surface area (Å²) in [5.41, 5.74) is 0. The SMILES string of the molecule is CCCC(CCC)C(=O)N[C@@H]1C=C[C@H](CO)C1. The number of amides is 1. The summed E-state index contributed by atoms with van der Waals surface area (Å²) in [5.74, 6) is 0.560. The third kappa shape index (κ3) is 4.50. The maximum Gasteiger partial charge on any atom is 0.223 e. The molecule has 2 atom stereocenters. The van der Waals surface area contributed by atoms with Crippen LogP contribution >= 0.6 is 0 Å². The molecule has 0 aromatic rings. The highest BCUT2D eigenvalue weighted by Crippen LogP contribution is 2.19. The average Bonchev–Trinajstić information content (AvgIpc) is 2.76. The molecule has 2 N–H and O–H groups in total. The number of hydrogen-bond acceptors (Lipinski definition) is 2. The maximum absolute atomic E-state index is 12.1. The van der Waals surface area contributed by atoms with Crippen LogP contribution in [-0.4, -0.2) is 23.7 Å². The molecular formula is C14H25NO2. The second kappa shape index (κ2) is 7.49. The Bertz CT molecular complexity index is 257. The summed E-state index contributed by atoms with van der Waals surface area (Å²) in [7, 11) is 0. The van der Waals surface area contributed by atoms with Crippen molar-refractivity contribution >= 4 is 5.91 Å². The van der Waals surface area contributed by atoms with Crippen molar-refractivity contribution in [2.45, 2.75) is 52.0 Å². The van der Waals surface area contributed by atoms with Gasteiger partial charge in [-0.15, -0.1) is 0 Å². The molecule has 3 heteroatoms. The number of carbonyl (C=O) groups is 1. The molecule has 0 radical (unpaired) electrons. The third-order valence-corrected chi connectivity index (χ3v) is 3.38. The number of aliphatic hydroxyl groups excluding tert-OH is 1. The lowest BCUT2D eigenvalue weighted by molar-refractivity contribution is -0.125. The second-order valence-corrected chi connectivity index (χ2v) is 4.95. The summed E-state index contributed by atoms with van der Waals surface area (Å²) in [4.78, 5) is 12.1. The maximum atomic E-state index is 12.1. The van der Waals surface area contributed by atoms with Crippen LogP contribution in [0.3, 0.4) is 0 Å². The third-order valence-electron chi connectivity index (χ3n) is 3.38. The van der Waals surface area contributed by atoms with E-state index in [1.807, 2.05) is 12.2 Å². The highest BCUT2D eigenvalue weighted by atomic mass is 16.3. The lowest BCUT2D eigenvalue weighted by Crippen LogP contribution is -2.37. The van der Waals surface area contributed by atoms with Gasteiger partial charge in [0.15, 0.2) is 0 Å². The molecule has 0 saturated heterocycles. The van der Waals surface area contributed by atoms with E-state index in [1.165, 1.54) is 0 Å². The predicted molar refractivity (Wildman–Crippen MR) is 69.6 cm³/mol. The van der Waals surface area contributed by atoms with Gasteiger partial charge in [-0.2, -0.15) is 0 Å². The molecule has 0 saturated carbocycles. The zero-order chi connectivity index (χ0) is 12.7. The van der Waals surface area contributed by atoms with Gasteiger partial charge in [-0.3, -0.25) is 4.79 Å². The summed E-state index contributed by atoms with van der Waals surface area (Å²) >= 11 is 0. The highest BCUT2D eigenvalue weighted by Gasteiger charge is 2.23. The monoisotopic (exact) mass is 239 g/mol. The molecule has 98 valence electrons. The van der Waals surface area contributed by atoms with Gasteiger partial charge in [-0.1, -0.05) is 38.8 Å². The Balaban J connectivity index is 2.39. The summed E-state index contributed by atoms with van der Waals surface area (Å²) < 4.78 is 0. The van der Waals surface area contributed by atoms with E-state index < -0.39 is 0 Å². The first-order chi connectivity index (χ1) is 8.21. The smallest absolute Gasteiger partial charge is 0.223 e. The van der Waals surface area contributed by atoms with Crippen LogP contribution in [0, 0.1) is 11.8 Å². The minimum atomic E-state index is 0.121. The fourth-order valence-corrected chi connectivity index (χ4v) is 2.42. The van der Waals surface area contributed by atoms with Crippen LogP contribution in [0.2, 0.25) is 0 Å². The van der Waals surface area contributed by atoms with Gasteiger partial charge in [0, 0.05) is 24.5 Å². The minimum absolute atomic E-state index is 0.121. The Kier molecular flexibility index (Phi) is 6.27. The standard InChI is InChI=1S/C14H25NO2/c1-3-5-12(6-4-2)14(17)15-13-8-7-11(9-13)10-16/h7-8,11-13,16H,3-6,9-10H2,1-2H3,(H,15,17)/t11-,13+/m0/s1. The van der Waals surface area contributed by atoms with Crippen LogP contribution in [0.15, 0.2) is 12.2 Å². The molecule has 1 aliphatic rings. The molecule has 0 unspecified atom stereocenters. The van der Waals surface area contributed by atoms with Crippen molar-refractivity contribution in [3.05, 3.63) is 12.2 Å². The van der Waals surface area contributed by atoms with Crippen molar-refractivity contribution in [2.75, 3.05) is 6.61 Å². The number of rotatable bonds is 7. The first-order valence-electron chi connectivity index (χ1n) is 6.80. The van der Waals surface area contributed by atoms with Crippen molar-refractivity contribution in [3.8, 4) is 0 Å². The van der Waals surface area contributed by atoms with Crippen molar-refractivity contribution < 1.29 is 9.90 Å². The molecule has 0 aliphatic heterocycles. The molecule has 17 heavy (non-hydrogen) atoms. The summed E-state index contributed by atoms with van der Waals surface area (Å²) in [6.07, 6.45) is 8.90. The number of hydrogen-bond donors (Lipinski definition) is 2. The van der Waals surface area contributed by atoms with Crippen molar-refractivity contribution in [3.63, 3.8) is 0 Å². The van der Waals surface area contributed by atoms with E-state index in [2.05, 4.69) is 19.2 Å². The van der Waals surface area contributed by atoms with Gasteiger partial charge in [0.05, 0.1) is 0 Å². The molecule has 0 heterocycles. The summed E-state index contributed by atoms with van der Waals surface area (Å²) in [5, 5.41) is 12.1. The molecular weight excluding hydrogens is 214 g/mol. The van der Waals surface area contributed by atoms with Crippen LogP contribution in [-0.2, 0) is 4.79 Å². The highest BCUT2D eigenvalue weighted by molar-refractivity contribution is 5.79. The summed E-state index contributed by atoms with van der Waals surface area (Å²) in [6, 6.07) is 0.121. The predicted octanol–water partition coefficient (Wildman–Crippen LogP) is 2.26. The largest absolute Gasteiger partial charge is 0.396 e. The Hall–Kier alpha value is -0.830. The van der Waals surface area contributed by atoms with Gasteiger partial charge >= 0.3 is 0 Å². The Morgan fingerprint density at radius 3 is 2.47 bits per heavy atom. The molecule has 1 rings (SSSR count). The van der Waals surface area contributed by atoms with E-state index in [9.17, 15) is 4.79 Å². The van der Waals surface area contributed by atoms with Gasteiger partial charge in [0.25, 0.3) is 0 Å². The average molecular weight is 239 g/mol. The van der Waals surface area contributed by atoms with Crippen LogP contribution in [0.25, 0.3) is 0 Å². The van der Waals surface area contributed by atoms with Crippen LogP contribution in [0.4, 0.5) is 0 Å². The molecule has 3 nitrogen and oxygen atoms in total. The van der Waals surface area contributed by atoms with Crippen molar-refractivity contribution in [1.29, 1.82) is 0 Å². The van der Waals surface area contributed by atoms with Crippen LogP contribution < -0.4 is 5.32 Å². The zero-order valence-electron chi connectivity index (χ0n) is 11.0. The van der Waals surface area contributed by atoms with Crippen molar-refractivity contribution in [1.82, 2.24) is 5.32 Å². The molecule has 0 aromatic heterocycles. The number of aliphatic hydroxyl groups is 1. The molecule has 1 amide bonds. The van der Waals surface area contributed by atoms with E-state index in [4.69, 9.17) is 5.11 Å². The first-order valence-corrected chi connectivity index (χ1v) is 6.80. The van der Waals surface area contributed by atoms with E-state index >= 15 is 0 Å². The fourth-order valence-electron chi connectivity index (χ4n) is 2.42. The molecule has 0 bridgehead atoms. The van der Waals surface area contributed by atoms with E-state index in [-0.39, 0.29) is 30.4 Å². The first kappa shape index (κ1) is 14.2. The number of carbonyl (C=O) groups excluding carboxylic acids is 1. The van der Waals surface area contributed by atoms with Crippen LogP contribution in [0.5, 0.6) is 0 Å². The molecule has 1 aliphatic carbocycles. The van der Waals surface area contributed by atoms with E-state index in [0.29, 0.717) is 0 Å². The van der Waals surface area contributed by atoms with Crippen LogP contribution in [0.1, 0.15) is 46.0 Å². The number of nitrogens with one attached hydrogen (secondary N) is 1. The van der Waals surface area contributed by atoms with Crippen molar-refractivity contribution in [2.24, 2.45) is 11.8 Å². The Morgan fingerprint density at radius 1 is 1.35 bits per heavy atom. The van der Waals surface area contributed by atoms with Gasteiger partial charge in [0.2, 0.25) is 5.91 Å². The fraction of sp³-hybridized carbons (Fsp3) is 0.786. The topological polar surface area (TPSA) is 49.3 Å². The lowest BCUT2D eigenvalue weighted by Gasteiger charge is -2.19. The molecule has 0 aromatic carbocycles. The Labute approximate surface area is 104 Å². The minimum Gasteiger partial charge on any atom is -0.396 e. The normalized spacial score (nSPS) is 23.3. The Morgan fingerprint density at radius 2 is 2.00 bits per heavy atom. The molecule has 0 spiro atoms. The van der Waals surface area contributed by atoms with E-state index in [1.54, 1.807) is 0 Å². The van der Waals surface area contributed by atoms with Gasteiger partial charge in [-0.25, -0.2) is 0 Å².